The summed E-state index contributed by atoms with van der Waals surface area (Å²) in [5, 5.41) is 11.1. The zero-order chi connectivity index (χ0) is 19.3. The van der Waals surface area contributed by atoms with Gasteiger partial charge in [-0.1, -0.05) is 24.3 Å². The normalized spacial score (nSPS) is 10.8. The fourth-order valence-electron chi connectivity index (χ4n) is 2.87. The summed E-state index contributed by atoms with van der Waals surface area (Å²) in [6.45, 7) is 0.491. The maximum atomic E-state index is 13.8. The highest BCUT2D eigenvalue weighted by Crippen LogP contribution is 2.13. The molecule has 28 heavy (non-hydrogen) atoms. The number of amides is 1. The van der Waals surface area contributed by atoms with Crippen LogP contribution in [0.4, 0.5) is 4.39 Å². The van der Waals surface area contributed by atoms with Crippen molar-refractivity contribution in [3.63, 3.8) is 0 Å². The molecular weight excluding hydrogens is 357 g/mol. The third kappa shape index (κ3) is 3.83. The molecule has 0 atom stereocenters. The number of benzene rings is 2. The Labute approximate surface area is 161 Å². The van der Waals surface area contributed by atoms with E-state index in [1.807, 2.05) is 36.5 Å². The quantitative estimate of drug-likeness (QED) is 0.563. The lowest BCUT2D eigenvalue weighted by Crippen LogP contribution is -2.25. The van der Waals surface area contributed by atoms with Crippen LogP contribution in [0.5, 0.6) is 0 Å². The Morgan fingerprint density at radius 1 is 1.00 bits per heavy atom. The first-order valence-corrected chi connectivity index (χ1v) is 8.87. The topological polar surface area (TPSA) is 64.7 Å². The minimum absolute atomic E-state index is 0.240. The number of nitrogens with zero attached hydrogens (tertiary/aromatic N) is 4. The summed E-state index contributed by atoms with van der Waals surface area (Å²) in [6, 6.07) is 16.2. The molecule has 0 bridgehead atoms. The van der Waals surface area contributed by atoms with Crippen molar-refractivity contribution in [2.75, 3.05) is 6.54 Å². The maximum Gasteiger partial charge on any atom is 0.254 e. The second-order valence-electron chi connectivity index (χ2n) is 6.25. The first-order chi connectivity index (χ1) is 13.7. The smallest absolute Gasteiger partial charge is 0.254 e. The fourth-order valence-corrected chi connectivity index (χ4v) is 2.87. The lowest BCUT2D eigenvalue weighted by molar-refractivity contribution is 0.0954. The zero-order valence-electron chi connectivity index (χ0n) is 15.0. The van der Waals surface area contributed by atoms with Gasteiger partial charge in [0.05, 0.1) is 17.4 Å². The van der Waals surface area contributed by atoms with E-state index in [0.717, 1.165) is 11.3 Å². The van der Waals surface area contributed by atoms with Crippen LogP contribution < -0.4 is 5.32 Å². The van der Waals surface area contributed by atoms with E-state index >= 15 is 0 Å². The van der Waals surface area contributed by atoms with Gasteiger partial charge in [-0.05, 0) is 42.3 Å². The molecule has 2 aromatic carbocycles. The van der Waals surface area contributed by atoms with Crippen molar-refractivity contribution < 1.29 is 9.18 Å². The average molecular weight is 375 g/mol. The van der Waals surface area contributed by atoms with Crippen LogP contribution in [0.15, 0.2) is 79.4 Å². The van der Waals surface area contributed by atoms with Crippen LogP contribution in [0.2, 0.25) is 0 Å². The van der Waals surface area contributed by atoms with Gasteiger partial charge in [0.25, 0.3) is 5.91 Å². The lowest BCUT2D eigenvalue weighted by atomic mass is 10.1. The molecule has 4 rings (SSSR count). The highest BCUT2D eigenvalue weighted by Gasteiger charge is 2.11. The Hall–Kier alpha value is -3.74. The summed E-state index contributed by atoms with van der Waals surface area (Å²) in [4.78, 5) is 12.3. The minimum atomic E-state index is -0.392. The third-order valence-electron chi connectivity index (χ3n) is 4.35. The molecule has 0 unspecified atom stereocenters. The third-order valence-corrected chi connectivity index (χ3v) is 4.35. The molecular formula is C21H18FN5O. The molecule has 0 aliphatic heterocycles. The van der Waals surface area contributed by atoms with Crippen LogP contribution in [-0.2, 0) is 6.42 Å². The molecule has 140 valence electrons. The summed E-state index contributed by atoms with van der Waals surface area (Å²) in [5.74, 6) is -0.633. The number of hydrogen-bond donors (Lipinski definition) is 1. The standard InChI is InChI=1S/C21H18FN5O/c22-19-4-1-2-5-20(19)27-15-17(14-25-27)21(28)23-12-10-16-6-8-18(9-7-16)26-13-3-11-24-26/h1-9,11,13-15H,10,12H2,(H,23,28). The molecule has 0 fully saturated rings. The van der Waals surface area contributed by atoms with Crippen molar-refractivity contribution in [1.82, 2.24) is 24.9 Å². The molecule has 1 N–H and O–H groups in total. The van der Waals surface area contributed by atoms with Gasteiger partial charge in [0.15, 0.2) is 0 Å². The SMILES string of the molecule is O=C(NCCc1ccc(-n2cccn2)cc1)c1cnn(-c2ccccc2F)c1. The van der Waals surface area contributed by atoms with Gasteiger partial charge in [-0.25, -0.2) is 13.8 Å². The van der Waals surface area contributed by atoms with E-state index in [1.165, 1.54) is 23.1 Å². The van der Waals surface area contributed by atoms with Crippen molar-refractivity contribution in [3.05, 3.63) is 96.3 Å². The van der Waals surface area contributed by atoms with Crippen LogP contribution in [0.25, 0.3) is 11.4 Å². The molecule has 4 aromatic rings. The Bertz CT molecular complexity index is 1070. The molecule has 1 amide bonds. The minimum Gasteiger partial charge on any atom is -0.352 e. The molecule has 0 saturated carbocycles. The number of carbonyl (C=O) groups is 1. The summed E-state index contributed by atoms with van der Waals surface area (Å²) in [6.07, 6.45) is 7.27. The van der Waals surface area contributed by atoms with Crippen molar-refractivity contribution in [3.8, 4) is 11.4 Å². The van der Waals surface area contributed by atoms with Crippen molar-refractivity contribution >= 4 is 5.91 Å². The predicted octanol–water partition coefficient (Wildman–Crippen LogP) is 3.17. The second-order valence-corrected chi connectivity index (χ2v) is 6.25. The van der Waals surface area contributed by atoms with Gasteiger partial charge >= 0.3 is 0 Å². The molecule has 0 aliphatic carbocycles. The van der Waals surface area contributed by atoms with Crippen molar-refractivity contribution in [2.45, 2.75) is 6.42 Å². The van der Waals surface area contributed by atoms with Gasteiger partial charge in [0.1, 0.15) is 11.5 Å². The van der Waals surface area contributed by atoms with E-state index in [9.17, 15) is 9.18 Å². The van der Waals surface area contributed by atoms with Crippen LogP contribution >= 0.6 is 0 Å². The van der Waals surface area contributed by atoms with Crippen LogP contribution in [0.3, 0.4) is 0 Å². The number of hydrogen-bond acceptors (Lipinski definition) is 3. The highest BCUT2D eigenvalue weighted by atomic mass is 19.1. The largest absolute Gasteiger partial charge is 0.352 e. The van der Waals surface area contributed by atoms with Gasteiger partial charge in [-0.15, -0.1) is 0 Å². The molecule has 0 radical (unpaired) electrons. The average Bonchev–Trinajstić information content (AvgIpc) is 3.41. The van der Waals surface area contributed by atoms with E-state index in [0.29, 0.717) is 24.2 Å². The van der Waals surface area contributed by atoms with Crippen LogP contribution in [-0.4, -0.2) is 32.0 Å². The van der Waals surface area contributed by atoms with E-state index in [-0.39, 0.29) is 5.91 Å². The predicted molar refractivity (Wildman–Crippen MR) is 103 cm³/mol. The molecule has 2 aromatic heterocycles. The summed E-state index contributed by atoms with van der Waals surface area (Å²) >= 11 is 0. The number of nitrogens with one attached hydrogen (secondary N) is 1. The first-order valence-electron chi connectivity index (χ1n) is 8.87. The van der Waals surface area contributed by atoms with Crippen LogP contribution in [0.1, 0.15) is 15.9 Å². The molecule has 7 heteroatoms. The van der Waals surface area contributed by atoms with Gasteiger partial charge in [0, 0.05) is 25.1 Å². The Morgan fingerprint density at radius 3 is 2.57 bits per heavy atom. The molecule has 0 aliphatic rings. The Balaban J connectivity index is 1.33. The Kier molecular flexibility index (Phi) is 4.97. The monoisotopic (exact) mass is 375 g/mol. The number of rotatable bonds is 6. The van der Waals surface area contributed by atoms with E-state index < -0.39 is 5.82 Å². The van der Waals surface area contributed by atoms with E-state index in [4.69, 9.17) is 0 Å². The number of para-hydroxylation sites is 1. The van der Waals surface area contributed by atoms with Gasteiger partial charge in [-0.2, -0.15) is 10.2 Å². The van der Waals surface area contributed by atoms with Gasteiger partial charge < -0.3 is 5.32 Å². The number of carbonyl (C=O) groups excluding carboxylic acids is 1. The fraction of sp³-hybridized carbons (Fsp3) is 0.0952. The highest BCUT2D eigenvalue weighted by molar-refractivity contribution is 5.93. The maximum absolute atomic E-state index is 13.8. The summed E-state index contributed by atoms with van der Waals surface area (Å²) in [5.41, 5.74) is 2.78. The van der Waals surface area contributed by atoms with E-state index in [2.05, 4.69) is 15.5 Å². The Morgan fingerprint density at radius 2 is 1.82 bits per heavy atom. The van der Waals surface area contributed by atoms with Crippen molar-refractivity contribution in [2.24, 2.45) is 0 Å². The molecule has 0 saturated heterocycles. The van der Waals surface area contributed by atoms with Crippen molar-refractivity contribution in [1.29, 1.82) is 0 Å². The molecule has 0 spiro atoms. The van der Waals surface area contributed by atoms with Gasteiger partial charge in [-0.3, -0.25) is 4.79 Å². The summed E-state index contributed by atoms with van der Waals surface area (Å²) < 4.78 is 17.0. The lowest BCUT2D eigenvalue weighted by Gasteiger charge is -2.06. The molecule has 6 nitrogen and oxygen atoms in total. The van der Waals surface area contributed by atoms with E-state index in [1.54, 1.807) is 29.1 Å². The number of halogens is 1. The first kappa shape index (κ1) is 17.7. The summed E-state index contributed by atoms with van der Waals surface area (Å²) in [7, 11) is 0. The zero-order valence-corrected chi connectivity index (χ0v) is 15.0. The molecule has 2 heterocycles. The van der Waals surface area contributed by atoms with Crippen LogP contribution in [0, 0.1) is 5.82 Å². The van der Waals surface area contributed by atoms with Gasteiger partial charge in [0.2, 0.25) is 0 Å². The number of aromatic nitrogens is 4. The second kappa shape index (κ2) is 7.87.